The van der Waals surface area contributed by atoms with Gasteiger partial charge in [-0.1, -0.05) is 0 Å². The Morgan fingerprint density at radius 2 is 2.41 bits per heavy atom. The van der Waals surface area contributed by atoms with Crippen LogP contribution < -0.4 is 5.32 Å². The fourth-order valence-electron chi connectivity index (χ4n) is 2.80. The summed E-state index contributed by atoms with van der Waals surface area (Å²) in [4.78, 5) is 14.1. The average Bonchev–Trinajstić information content (AvgIpc) is 2.93. The summed E-state index contributed by atoms with van der Waals surface area (Å²) in [5.41, 5.74) is 0. The van der Waals surface area contributed by atoms with Gasteiger partial charge in [-0.25, -0.2) is 0 Å². The Hall–Kier alpha value is -0.810. The Balaban J connectivity index is 1.74. The van der Waals surface area contributed by atoms with E-state index in [9.17, 15) is 4.79 Å². The number of nitrogens with zero attached hydrogens (tertiary/aromatic N) is 1. The summed E-state index contributed by atoms with van der Waals surface area (Å²) < 4.78 is 5.97. The van der Waals surface area contributed by atoms with Crippen LogP contribution in [0, 0.1) is 5.92 Å². The van der Waals surface area contributed by atoms with Crippen molar-refractivity contribution in [3.63, 3.8) is 0 Å². The molecule has 2 atom stereocenters. The normalized spacial score (nSPS) is 28.2. The number of hydrogen-bond acceptors (Lipinski definition) is 3. The number of nitrogens with one attached hydrogen (secondary N) is 1. The molecule has 2 fully saturated rings. The Labute approximate surface area is 108 Å². The fraction of sp³-hybridized carbons (Fsp3) is 0.583. The largest absolute Gasteiger partial charge is 0.458 e. The lowest BCUT2D eigenvalue weighted by molar-refractivity contribution is 0.0753. The number of carbonyl (C=O) groups is 1. The molecule has 5 heteroatoms. The van der Waals surface area contributed by atoms with Gasteiger partial charge in [-0.15, -0.1) is 0 Å². The van der Waals surface area contributed by atoms with Gasteiger partial charge in [0.1, 0.15) is 0 Å². The van der Waals surface area contributed by atoms with E-state index in [4.69, 9.17) is 4.42 Å². The molecule has 3 heterocycles. The maximum Gasteiger partial charge on any atom is 0.290 e. The molecule has 0 radical (unpaired) electrons. The van der Waals surface area contributed by atoms with Gasteiger partial charge in [0, 0.05) is 19.1 Å². The Morgan fingerprint density at radius 1 is 1.53 bits per heavy atom. The Bertz CT molecular complexity index is 418. The topological polar surface area (TPSA) is 45.5 Å². The molecule has 17 heavy (non-hydrogen) atoms. The van der Waals surface area contributed by atoms with E-state index >= 15 is 0 Å². The van der Waals surface area contributed by atoms with Crippen LogP contribution in [0.1, 0.15) is 23.4 Å². The average molecular weight is 299 g/mol. The second kappa shape index (κ2) is 4.46. The summed E-state index contributed by atoms with van der Waals surface area (Å²) in [6, 6.07) is 2.23. The highest BCUT2D eigenvalue weighted by Gasteiger charge is 2.37. The third-order valence-corrected chi connectivity index (χ3v) is 4.32. The van der Waals surface area contributed by atoms with Crippen LogP contribution in [-0.2, 0) is 0 Å². The zero-order chi connectivity index (χ0) is 11.8. The number of halogens is 1. The lowest BCUT2D eigenvalue weighted by Crippen LogP contribution is -2.41. The van der Waals surface area contributed by atoms with Crippen molar-refractivity contribution in [2.75, 3.05) is 19.6 Å². The number of carbonyl (C=O) groups excluding carboxylic acids is 1. The highest BCUT2D eigenvalue weighted by atomic mass is 79.9. The first-order valence-electron chi connectivity index (χ1n) is 6.01. The molecule has 4 nitrogen and oxygen atoms in total. The number of likely N-dealkylation sites (tertiary alicyclic amines) is 1. The Morgan fingerprint density at radius 3 is 3.12 bits per heavy atom. The van der Waals surface area contributed by atoms with Crippen molar-refractivity contribution in [2.45, 2.75) is 18.9 Å². The van der Waals surface area contributed by atoms with E-state index in [0.29, 0.717) is 17.7 Å². The molecule has 1 N–H and O–H groups in total. The smallest absolute Gasteiger partial charge is 0.290 e. The standard InChI is InChI=1S/C12H15BrN2O2/c13-9-3-5-17-11(9)12(16)15-6-8-2-1-4-14-10(8)7-15/h3,5,8,10,14H,1-2,4,6-7H2. The van der Waals surface area contributed by atoms with Crippen LogP contribution >= 0.6 is 15.9 Å². The minimum absolute atomic E-state index is 0.00178. The van der Waals surface area contributed by atoms with Crippen molar-refractivity contribution in [2.24, 2.45) is 5.92 Å². The molecule has 0 aliphatic carbocycles. The van der Waals surface area contributed by atoms with E-state index in [1.165, 1.54) is 12.8 Å². The number of piperidine rings is 1. The summed E-state index contributed by atoms with van der Waals surface area (Å²) in [5, 5.41) is 3.49. The Kier molecular flexibility index (Phi) is 2.96. The lowest BCUT2D eigenvalue weighted by atomic mass is 9.94. The van der Waals surface area contributed by atoms with Gasteiger partial charge < -0.3 is 14.6 Å². The predicted octanol–water partition coefficient (Wildman–Crippen LogP) is 1.87. The zero-order valence-electron chi connectivity index (χ0n) is 9.49. The first kappa shape index (κ1) is 11.3. The molecular formula is C12H15BrN2O2. The van der Waals surface area contributed by atoms with Crippen LogP contribution in [0.5, 0.6) is 0 Å². The molecule has 2 unspecified atom stereocenters. The minimum Gasteiger partial charge on any atom is -0.458 e. The molecule has 0 bridgehead atoms. The highest BCUT2D eigenvalue weighted by molar-refractivity contribution is 9.10. The first-order chi connectivity index (χ1) is 8.25. The molecule has 0 spiro atoms. The molecular weight excluding hydrogens is 284 g/mol. The monoisotopic (exact) mass is 298 g/mol. The van der Waals surface area contributed by atoms with E-state index in [-0.39, 0.29) is 5.91 Å². The van der Waals surface area contributed by atoms with E-state index in [1.807, 2.05) is 4.90 Å². The number of rotatable bonds is 1. The van der Waals surface area contributed by atoms with Crippen molar-refractivity contribution in [3.8, 4) is 0 Å². The summed E-state index contributed by atoms with van der Waals surface area (Å²) in [6.07, 6.45) is 3.98. The van der Waals surface area contributed by atoms with E-state index in [0.717, 1.165) is 24.1 Å². The number of fused-ring (bicyclic) bond motifs is 1. The second-order valence-corrected chi connectivity index (χ2v) is 5.63. The van der Waals surface area contributed by atoms with Crippen molar-refractivity contribution < 1.29 is 9.21 Å². The van der Waals surface area contributed by atoms with Gasteiger partial charge >= 0.3 is 0 Å². The van der Waals surface area contributed by atoms with Crippen LogP contribution in [0.3, 0.4) is 0 Å². The van der Waals surface area contributed by atoms with Gasteiger partial charge in [0.2, 0.25) is 5.76 Å². The van der Waals surface area contributed by atoms with Crippen molar-refractivity contribution in [1.29, 1.82) is 0 Å². The van der Waals surface area contributed by atoms with Gasteiger partial charge in [-0.2, -0.15) is 0 Å². The molecule has 3 rings (SSSR count). The SMILES string of the molecule is O=C(c1occc1Br)N1CC2CCCNC2C1. The molecule has 1 aromatic heterocycles. The number of furan rings is 1. The highest BCUT2D eigenvalue weighted by Crippen LogP contribution is 2.27. The fourth-order valence-corrected chi connectivity index (χ4v) is 3.17. The predicted molar refractivity (Wildman–Crippen MR) is 66.8 cm³/mol. The lowest BCUT2D eigenvalue weighted by Gasteiger charge is -2.24. The summed E-state index contributed by atoms with van der Waals surface area (Å²) >= 11 is 3.33. The van der Waals surface area contributed by atoms with E-state index < -0.39 is 0 Å². The van der Waals surface area contributed by atoms with Crippen molar-refractivity contribution in [1.82, 2.24) is 10.2 Å². The third kappa shape index (κ3) is 2.02. The van der Waals surface area contributed by atoms with Crippen LogP contribution in [0.2, 0.25) is 0 Å². The molecule has 0 saturated carbocycles. The molecule has 0 aromatic carbocycles. The van der Waals surface area contributed by atoms with Gasteiger partial charge in [0.05, 0.1) is 10.7 Å². The van der Waals surface area contributed by atoms with Gasteiger partial charge in [0.15, 0.2) is 0 Å². The maximum atomic E-state index is 12.2. The molecule has 2 aliphatic rings. The van der Waals surface area contributed by atoms with Crippen LogP contribution in [0.4, 0.5) is 0 Å². The second-order valence-electron chi connectivity index (χ2n) is 4.77. The van der Waals surface area contributed by atoms with Gasteiger partial charge in [0.25, 0.3) is 5.91 Å². The van der Waals surface area contributed by atoms with Crippen molar-refractivity contribution in [3.05, 3.63) is 22.6 Å². The summed E-state index contributed by atoms with van der Waals surface area (Å²) in [5.74, 6) is 1.03. The van der Waals surface area contributed by atoms with Gasteiger partial charge in [-0.05, 0) is 47.3 Å². The van der Waals surface area contributed by atoms with Gasteiger partial charge in [-0.3, -0.25) is 4.79 Å². The van der Waals surface area contributed by atoms with E-state index in [1.54, 1.807) is 12.3 Å². The minimum atomic E-state index is -0.00178. The quantitative estimate of drug-likeness (QED) is 0.861. The first-order valence-corrected chi connectivity index (χ1v) is 6.80. The summed E-state index contributed by atoms with van der Waals surface area (Å²) in [7, 11) is 0. The molecule has 92 valence electrons. The third-order valence-electron chi connectivity index (χ3n) is 3.70. The van der Waals surface area contributed by atoms with E-state index in [2.05, 4.69) is 21.2 Å². The summed E-state index contributed by atoms with van der Waals surface area (Å²) in [6.45, 7) is 2.73. The maximum absolute atomic E-state index is 12.2. The number of hydrogen-bond donors (Lipinski definition) is 1. The van der Waals surface area contributed by atoms with Crippen LogP contribution in [-0.4, -0.2) is 36.5 Å². The molecule has 2 saturated heterocycles. The molecule has 2 aliphatic heterocycles. The molecule has 1 amide bonds. The van der Waals surface area contributed by atoms with Crippen molar-refractivity contribution >= 4 is 21.8 Å². The van der Waals surface area contributed by atoms with Crippen LogP contribution in [0.15, 0.2) is 21.2 Å². The van der Waals surface area contributed by atoms with Crippen LogP contribution in [0.25, 0.3) is 0 Å². The molecule has 1 aromatic rings. The zero-order valence-corrected chi connectivity index (χ0v) is 11.1. The number of amides is 1.